The molecule has 0 fully saturated rings. The first kappa shape index (κ1) is 10.5. The SMILES string of the molecule is CC1CNCc2c1oc1ccccc21.Cl. The van der Waals surface area contributed by atoms with E-state index in [-0.39, 0.29) is 12.4 Å². The normalized spacial score (nSPS) is 19.7. The van der Waals surface area contributed by atoms with Crippen LogP contribution in [0.2, 0.25) is 0 Å². The number of benzene rings is 1. The smallest absolute Gasteiger partial charge is 0.134 e. The van der Waals surface area contributed by atoms with Gasteiger partial charge >= 0.3 is 0 Å². The minimum Gasteiger partial charge on any atom is -0.460 e. The van der Waals surface area contributed by atoms with Gasteiger partial charge in [0.25, 0.3) is 0 Å². The zero-order chi connectivity index (χ0) is 9.54. The van der Waals surface area contributed by atoms with Crippen LogP contribution in [0.15, 0.2) is 28.7 Å². The number of hydrogen-bond acceptors (Lipinski definition) is 2. The summed E-state index contributed by atoms with van der Waals surface area (Å²) in [6.45, 7) is 4.16. The first-order valence-corrected chi connectivity index (χ1v) is 5.07. The summed E-state index contributed by atoms with van der Waals surface area (Å²) in [6.07, 6.45) is 0. The Kier molecular flexibility index (Phi) is 2.72. The molecule has 0 bridgehead atoms. The maximum atomic E-state index is 5.86. The van der Waals surface area contributed by atoms with E-state index in [4.69, 9.17) is 4.42 Å². The maximum Gasteiger partial charge on any atom is 0.134 e. The van der Waals surface area contributed by atoms with Gasteiger partial charge in [-0.1, -0.05) is 25.1 Å². The molecule has 1 aromatic carbocycles. The van der Waals surface area contributed by atoms with Crippen molar-refractivity contribution in [3.8, 4) is 0 Å². The first-order valence-electron chi connectivity index (χ1n) is 5.07. The monoisotopic (exact) mass is 223 g/mol. The van der Waals surface area contributed by atoms with Crippen molar-refractivity contribution in [3.05, 3.63) is 35.6 Å². The number of para-hydroxylation sites is 1. The number of fused-ring (bicyclic) bond motifs is 3. The highest BCUT2D eigenvalue weighted by molar-refractivity contribution is 5.85. The Morgan fingerprint density at radius 2 is 2.13 bits per heavy atom. The van der Waals surface area contributed by atoms with Crippen molar-refractivity contribution in [3.63, 3.8) is 0 Å². The highest BCUT2D eigenvalue weighted by Gasteiger charge is 2.22. The van der Waals surface area contributed by atoms with E-state index >= 15 is 0 Å². The van der Waals surface area contributed by atoms with Gasteiger partial charge in [0.05, 0.1) is 0 Å². The molecular weight excluding hydrogens is 210 g/mol. The van der Waals surface area contributed by atoms with Gasteiger partial charge in [-0.15, -0.1) is 12.4 Å². The molecule has 1 atom stereocenters. The fourth-order valence-corrected chi connectivity index (χ4v) is 2.20. The van der Waals surface area contributed by atoms with E-state index in [1.807, 2.05) is 12.1 Å². The van der Waals surface area contributed by atoms with Crippen LogP contribution in [-0.2, 0) is 6.54 Å². The van der Waals surface area contributed by atoms with E-state index < -0.39 is 0 Å². The largest absolute Gasteiger partial charge is 0.460 e. The van der Waals surface area contributed by atoms with Gasteiger partial charge in [0.15, 0.2) is 0 Å². The number of hydrogen-bond donors (Lipinski definition) is 1. The molecule has 3 heteroatoms. The Morgan fingerprint density at radius 1 is 1.33 bits per heavy atom. The molecule has 0 saturated carbocycles. The van der Waals surface area contributed by atoms with Gasteiger partial charge in [-0.05, 0) is 6.07 Å². The number of rotatable bonds is 0. The zero-order valence-electron chi connectivity index (χ0n) is 8.62. The maximum absolute atomic E-state index is 5.86. The molecule has 1 unspecified atom stereocenters. The van der Waals surface area contributed by atoms with Gasteiger partial charge in [0.1, 0.15) is 11.3 Å². The second-order valence-electron chi connectivity index (χ2n) is 3.97. The Bertz CT molecular complexity index is 477. The summed E-state index contributed by atoms with van der Waals surface area (Å²) in [5.74, 6) is 1.66. The predicted octanol–water partition coefficient (Wildman–Crippen LogP) is 3.06. The van der Waals surface area contributed by atoms with E-state index in [1.165, 1.54) is 16.7 Å². The molecule has 0 amide bonds. The Morgan fingerprint density at radius 3 is 3.00 bits per heavy atom. The van der Waals surface area contributed by atoms with Crippen molar-refractivity contribution >= 4 is 23.4 Å². The van der Waals surface area contributed by atoms with Crippen LogP contribution in [0.4, 0.5) is 0 Å². The summed E-state index contributed by atoms with van der Waals surface area (Å²) in [6, 6.07) is 8.27. The van der Waals surface area contributed by atoms with Crippen LogP contribution >= 0.6 is 12.4 Å². The van der Waals surface area contributed by atoms with E-state index in [1.54, 1.807) is 0 Å². The van der Waals surface area contributed by atoms with E-state index in [9.17, 15) is 0 Å². The molecule has 0 radical (unpaired) electrons. The second kappa shape index (κ2) is 3.87. The minimum atomic E-state index is 0. The molecule has 2 heterocycles. The Labute approximate surface area is 95.1 Å². The van der Waals surface area contributed by atoms with Gasteiger partial charge in [-0.3, -0.25) is 0 Å². The van der Waals surface area contributed by atoms with Gasteiger partial charge in [0.2, 0.25) is 0 Å². The van der Waals surface area contributed by atoms with Crippen LogP contribution in [-0.4, -0.2) is 6.54 Å². The van der Waals surface area contributed by atoms with E-state index in [0.717, 1.165) is 18.7 Å². The topological polar surface area (TPSA) is 25.2 Å². The standard InChI is InChI=1S/C12H13NO.ClH/c1-8-6-13-7-10-9-4-2-3-5-11(9)14-12(8)10;/h2-5,8,13H,6-7H2,1H3;1H. The minimum absolute atomic E-state index is 0. The van der Waals surface area contributed by atoms with Crippen LogP contribution in [0.3, 0.4) is 0 Å². The van der Waals surface area contributed by atoms with Crippen molar-refractivity contribution in [2.45, 2.75) is 19.4 Å². The van der Waals surface area contributed by atoms with Gasteiger partial charge in [0, 0.05) is 30.0 Å². The average molecular weight is 224 g/mol. The zero-order valence-corrected chi connectivity index (χ0v) is 9.43. The van der Waals surface area contributed by atoms with Crippen LogP contribution in [0, 0.1) is 0 Å². The third-order valence-electron chi connectivity index (χ3n) is 2.93. The molecule has 15 heavy (non-hydrogen) atoms. The highest BCUT2D eigenvalue weighted by Crippen LogP contribution is 2.32. The lowest BCUT2D eigenvalue weighted by Crippen LogP contribution is -2.25. The molecule has 0 aliphatic carbocycles. The van der Waals surface area contributed by atoms with E-state index in [2.05, 4.69) is 24.4 Å². The molecule has 1 aliphatic heterocycles. The van der Waals surface area contributed by atoms with Crippen LogP contribution < -0.4 is 5.32 Å². The molecular formula is C12H14ClNO. The summed E-state index contributed by atoms with van der Waals surface area (Å²) in [5.41, 5.74) is 2.37. The lowest BCUT2D eigenvalue weighted by atomic mass is 9.99. The van der Waals surface area contributed by atoms with E-state index in [0.29, 0.717) is 5.92 Å². The quantitative estimate of drug-likeness (QED) is 0.743. The fraction of sp³-hybridized carbons (Fsp3) is 0.333. The summed E-state index contributed by atoms with van der Waals surface area (Å²) < 4.78 is 5.86. The highest BCUT2D eigenvalue weighted by atomic mass is 35.5. The Hall–Kier alpha value is -0.990. The van der Waals surface area contributed by atoms with Crippen LogP contribution in [0.1, 0.15) is 24.2 Å². The summed E-state index contributed by atoms with van der Waals surface area (Å²) in [4.78, 5) is 0. The van der Waals surface area contributed by atoms with Gasteiger partial charge < -0.3 is 9.73 Å². The van der Waals surface area contributed by atoms with Crippen molar-refractivity contribution in [1.82, 2.24) is 5.32 Å². The molecule has 0 saturated heterocycles. The summed E-state index contributed by atoms with van der Waals surface area (Å²) in [7, 11) is 0. The van der Waals surface area contributed by atoms with Crippen molar-refractivity contribution < 1.29 is 4.42 Å². The average Bonchev–Trinajstić information content (AvgIpc) is 2.59. The number of furan rings is 1. The third-order valence-corrected chi connectivity index (χ3v) is 2.93. The third kappa shape index (κ3) is 1.54. The molecule has 1 aliphatic rings. The predicted molar refractivity (Wildman–Crippen MR) is 63.6 cm³/mol. The lowest BCUT2D eigenvalue weighted by Gasteiger charge is -2.17. The Balaban J connectivity index is 0.000000853. The fourth-order valence-electron chi connectivity index (χ4n) is 2.20. The van der Waals surface area contributed by atoms with Gasteiger partial charge in [-0.2, -0.15) is 0 Å². The number of nitrogens with one attached hydrogen (secondary N) is 1. The lowest BCUT2D eigenvalue weighted by molar-refractivity contribution is 0.451. The van der Waals surface area contributed by atoms with Crippen molar-refractivity contribution in [2.75, 3.05) is 6.54 Å². The van der Waals surface area contributed by atoms with Crippen molar-refractivity contribution in [1.29, 1.82) is 0 Å². The second-order valence-corrected chi connectivity index (χ2v) is 3.97. The molecule has 0 spiro atoms. The number of halogens is 1. The molecule has 80 valence electrons. The van der Waals surface area contributed by atoms with Crippen molar-refractivity contribution in [2.24, 2.45) is 0 Å². The summed E-state index contributed by atoms with van der Waals surface area (Å²) >= 11 is 0. The molecule has 1 aromatic heterocycles. The molecule has 2 aromatic rings. The van der Waals surface area contributed by atoms with Gasteiger partial charge in [-0.25, -0.2) is 0 Å². The van der Waals surface area contributed by atoms with Crippen LogP contribution in [0.25, 0.3) is 11.0 Å². The summed E-state index contributed by atoms with van der Waals surface area (Å²) in [5, 5.41) is 4.67. The first-order chi connectivity index (χ1) is 6.86. The molecule has 3 rings (SSSR count). The molecule has 2 nitrogen and oxygen atoms in total. The van der Waals surface area contributed by atoms with Crippen LogP contribution in [0.5, 0.6) is 0 Å². The molecule has 1 N–H and O–H groups in total.